The van der Waals surface area contributed by atoms with E-state index in [1.807, 2.05) is 13.8 Å². The van der Waals surface area contributed by atoms with Gasteiger partial charge in [-0.25, -0.2) is 0 Å². The molecule has 4 aliphatic carbocycles. The van der Waals surface area contributed by atoms with E-state index >= 15 is 0 Å². The Morgan fingerprint density at radius 2 is 1.54 bits per heavy atom. The second-order valence-corrected chi connectivity index (χ2v) is 15.7. The highest BCUT2D eigenvalue weighted by atomic mass is 16.3. The zero-order chi connectivity index (χ0) is 29.7. The van der Waals surface area contributed by atoms with Gasteiger partial charge in [-0.05, 0) is 104 Å². The molecule has 3 fully saturated rings. The van der Waals surface area contributed by atoms with Gasteiger partial charge in [0, 0.05) is 5.41 Å². The molecular weight excluding hydrogens is 480 g/mol. The summed E-state index contributed by atoms with van der Waals surface area (Å²) in [4.78, 5) is 0. The van der Waals surface area contributed by atoms with Crippen LogP contribution in [0.2, 0.25) is 0 Å². The van der Waals surface area contributed by atoms with E-state index in [1.54, 1.807) is 0 Å². The zero-order valence-electron chi connectivity index (χ0n) is 27.8. The third-order valence-corrected chi connectivity index (χ3v) is 14.1. The summed E-state index contributed by atoms with van der Waals surface area (Å²) in [6.45, 7) is 28.2. The van der Waals surface area contributed by atoms with Crippen LogP contribution < -0.4 is 0 Å². The summed E-state index contributed by atoms with van der Waals surface area (Å²) in [5.74, 6) is 5.45. The summed E-state index contributed by atoms with van der Waals surface area (Å²) in [7, 11) is 0. The summed E-state index contributed by atoms with van der Waals surface area (Å²) in [6.07, 6.45) is 8.61. The van der Waals surface area contributed by atoms with Gasteiger partial charge in [0.05, 0.1) is 18.3 Å². The summed E-state index contributed by atoms with van der Waals surface area (Å²) < 4.78 is 0. The molecular formula is C36H66O3. The first kappa shape index (κ1) is 33.1. The standard InChI is InChI=1S/C29H50O2.C7H16O/c1-15-12-11-13-22-18(4)28(9)21(7)27(8)14-16(2)24(20(6)30)26(31)29(27,10)19(5)25(28)17(3)23(15)22;1-3-4-5-6-7(2)8/h15,17-23,25-26,30-31H,11-14H2,1-10H3;7-8H,3-6H2,1-2H3. The smallest absolute Gasteiger partial charge is 0.0838 e. The molecule has 14 unspecified atom stereocenters. The van der Waals surface area contributed by atoms with E-state index in [9.17, 15) is 10.2 Å². The lowest BCUT2D eigenvalue weighted by Crippen LogP contribution is -2.71. The molecule has 0 amide bonds. The van der Waals surface area contributed by atoms with Gasteiger partial charge in [-0.2, -0.15) is 0 Å². The SMILES string of the molecule is CC1=C(C(C)O)C(O)C2(C)C(C)C3C(C)C4C(C)CCCC4C(C)C3(C)C(C)C2(C)C1.CCCCCC(C)O. The van der Waals surface area contributed by atoms with Crippen molar-refractivity contribution in [2.24, 2.45) is 63.6 Å². The van der Waals surface area contributed by atoms with Crippen molar-refractivity contribution in [2.75, 3.05) is 0 Å². The van der Waals surface area contributed by atoms with Crippen molar-refractivity contribution in [3.05, 3.63) is 11.1 Å². The van der Waals surface area contributed by atoms with Gasteiger partial charge in [0.25, 0.3) is 0 Å². The van der Waals surface area contributed by atoms with E-state index in [1.165, 1.54) is 44.1 Å². The first-order chi connectivity index (χ1) is 18.0. The number of aliphatic hydroxyl groups excluding tert-OH is 3. The lowest BCUT2D eigenvalue weighted by molar-refractivity contribution is -0.273. The summed E-state index contributed by atoms with van der Waals surface area (Å²) >= 11 is 0. The number of unbranched alkanes of at least 4 members (excludes halogenated alkanes) is 2. The Hall–Kier alpha value is -0.380. The molecule has 0 radical (unpaired) electrons. The van der Waals surface area contributed by atoms with Gasteiger partial charge in [0.15, 0.2) is 0 Å². The van der Waals surface area contributed by atoms with E-state index in [4.69, 9.17) is 5.11 Å². The molecule has 0 spiro atoms. The molecule has 4 aliphatic rings. The van der Waals surface area contributed by atoms with Gasteiger partial charge < -0.3 is 15.3 Å². The quantitative estimate of drug-likeness (QED) is 0.239. The lowest BCUT2D eigenvalue weighted by atomic mass is 9.30. The third kappa shape index (κ3) is 5.11. The second kappa shape index (κ2) is 12.1. The Morgan fingerprint density at radius 3 is 2.08 bits per heavy atom. The number of hydrogen-bond acceptors (Lipinski definition) is 3. The largest absolute Gasteiger partial charge is 0.393 e. The molecule has 0 heterocycles. The Labute approximate surface area is 242 Å². The topological polar surface area (TPSA) is 60.7 Å². The molecule has 0 aliphatic heterocycles. The van der Waals surface area contributed by atoms with Gasteiger partial charge in [-0.15, -0.1) is 0 Å². The van der Waals surface area contributed by atoms with Gasteiger partial charge >= 0.3 is 0 Å². The summed E-state index contributed by atoms with van der Waals surface area (Å²) in [6, 6.07) is 0. The molecule has 0 aromatic rings. The summed E-state index contributed by atoms with van der Waals surface area (Å²) in [5.41, 5.74) is 2.22. The molecule has 0 aromatic carbocycles. The maximum atomic E-state index is 11.9. The van der Waals surface area contributed by atoms with Crippen molar-refractivity contribution < 1.29 is 15.3 Å². The van der Waals surface area contributed by atoms with Crippen LogP contribution in [0.3, 0.4) is 0 Å². The van der Waals surface area contributed by atoms with Crippen LogP contribution in [0.5, 0.6) is 0 Å². The van der Waals surface area contributed by atoms with Crippen molar-refractivity contribution in [3.63, 3.8) is 0 Å². The minimum Gasteiger partial charge on any atom is -0.393 e. The number of allylic oxidation sites excluding steroid dienone is 1. The highest BCUT2D eigenvalue weighted by molar-refractivity contribution is 5.34. The lowest BCUT2D eigenvalue weighted by Gasteiger charge is -2.75. The maximum absolute atomic E-state index is 11.9. The summed E-state index contributed by atoms with van der Waals surface area (Å²) in [5, 5.41) is 31.3. The van der Waals surface area contributed by atoms with Crippen LogP contribution in [0.15, 0.2) is 11.1 Å². The third-order valence-electron chi connectivity index (χ3n) is 14.1. The molecule has 0 aromatic heterocycles. The number of aliphatic hydroxyl groups is 3. The van der Waals surface area contributed by atoms with Crippen LogP contribution in [0.25, 0.3) is 0 Å². The molecule has 3 nitrogen and oxygen atoms in total. The minimum absolute atomic E-state index is 0.0284. The Balaban J connectivity index is 0.000000459. The number of fused-ring (bicyclic) bond motifs is 3. The second-order valence-electron chi connectivity index (χ2n) is 15.7. The van der Waals surface area contributed by atoms with Gasteiger partial charge in [0.1, 0.15) is 0 Å². The fraction of sp³-hybridized carbons (Fsp3) is 0.944. The molecule has 39 heavy (non-hydrogen) atoms. The first-order valence-corrected chi connectivity index (χ1v) is 16.8. The van der Waals surface area contributed by atoms with Crippen molar-refractivity contribution in [1.29, 1.82) is 0 Å². The van der Waals surface area contributed by atoms with E-state index < -0.39 is 12.2 Å². The molecule has 3 heteroatoms. The van der Waals surface area contributed by atoms with Crippen molar-refractivity contribution in [2.45, 2.75) is 153 Å². The predicted molar refractivity (Wildman–Crippen MR) is 165 cm³/mol. The fourth-order valence-electron chi connectivity index (χ4n) is 11.7. The maximum Gasteiger partial charge on any atom is 0.0838 e. The predicted octanol–water partition coefficient (Wildman–Crippen LogP) is 8.65. The average Bonchev–Trinajstić information content (AvgIpc) is 2.84. The normalized spacial score (nSPS) is 49.2. The average molecular weight is 547 g/mol. The molecule has 0 bridgehead atoms. The van der Waals surface area contributed by atoms with Crippen LogP contribution in [-0.4, -0.2) is 33.6 Å². The van der Waals surface area contributed by atoms with Gasteiger partial charge in [-0.3, -0.25) is 0 Å². The molecule has 14 atom stereocenters. The van der Waals surface area contributed by atoms with Gasteiger partial charge in [0.2, 0.25) is 0 Å². The van der Waals surface area contributed by atoms with E-state index in [2.05, 4.69) is 69.2 Å². The number of hydrogen-bond donors (Lipinski definition) is 3. The molecule has 3 saturated carbocycles. The fourth-order valence-corrected chi connectivity index (χ4v) is 11.7. The highest BCUT2D eigenvalue weighted by Crippen LogP contribution is 2.76. The zero-order valence-corrected chi connectivity index (χ0v) is 27.8. The van der Waals surface area contributed by atoms with E-state index in [-0.39, 0.29) is 22.3 Å². The number of rotatable bonds is 5. The van der Waals surface area contributed by atoms with Crippen LogP contribution in [0.4, 0.5) is 0 Å². The van der Waals surface area contributed by atoms with Crippen LogP contribution in [0, 0.1) is 63.6 Å². The molecule has 4 rings (SSSR count). The van der Waals surface area contributed by atoms with Crippen molar-refractivity contribution in [1.82, 2.24) is 0 Å². The van der Waals surface area contributed by atoms with E-state index in [0.29, 0.717) is 23.7 Å². The van der Waals surface area contributed by atoms with E-state index in [0.717, 1.165) is 42.1 Å². The minimum atomic E-state index is -0.572. The molecule has 3 N–H and O–H groups in total. The first-order valence-electron chi connectivity index (χ1n) is 16.8. The Morgan fingerprint density at radius 1 is 0.923 bits per heavy atom. The monoisotopic (exact) mass is 547 g/mol. The van der Waals surface area contributed by atoms with Crippen LogP contribution in [-0.2, 0) is 0 Å². The Kier molecular flexibility index (Phi) is 10.3. The van der Waals surface area contributed by atoms with Crippen LogP contribution in [0.1, 0.15) is 134 Å². The molecule has 228 valence electrons. The van der Waals surface area contributed by atoms with Crippen molar-refractivity contribution >= 4 is 0 Å². The highest BCUT2D eigenvalue weighted by Gasteiger charge is 2.72. The molecule has 0 saturated heterocycles. The van der Waals surface area contributed by atoms with Crippen LogP contribution >= 0.6 is 0 Å². The van der Waals surface area contributed by atoms with Crippen molar-refractivity contribution in [3.8, 4) is 0 Å². The van der Waals surface area contributed by atoms with Gasteiger partial charge in [-0.1, -0.05) is 100.0 Å². The Bertz CT molecular complexity index is 861.